The molecule has 0 saturated carbocycles. The van der Waals surface area contributed by atoms with Crippen molar-refractivity contribution in [2.45, 2.75) is 13.5 Å². The van der Waals surface area contributed by atoms with Gasteiger partial charge in [0, 0.05) is 27.7 Å². The van der Waals surface area contributed by atoms with E-state index in [4.69, 9.17) is 4.55 Å². The van der Waals surface area contributed by atoms with Gasteiger partial charge in [-0.3, -0.25) is 14.2 Å². The van der Waals surface area contributed by atoms with Crippen molar-refractivity contribution >= 4 is 34.5 Å². The van der Waals surface area contributed by atoms with Crippen molar-refractivity contribution in [2.24, 2.45) is 12.0 Å². The fourth-order valence-corrected chi connectivity index (χ4v) is 2.21. The van der Waals surface area contributed by atoms with E-state index in [9.17, 15) is 18.0 Å². The highest BCUT2D eigenvalue weighted by Gasteiger charge is 2.35. The lowest BCUT2D eigenvalue weighted by molar-refractivity contribution is 0.124. The van der Waals surface area contributed by atoms with Crippen LogP contribution in [-0.4, -0.2) is 66.8 Å². The van der Waals surface area contributed by atoms with Gasteiger partial charge in [-0.1, -0.05) is 0 Å². The lowest BCUT2D eigenvalue weighted by atomic mass is 10.3. The van der Waals surface area contributed by atoms with Crippen LogP contribution in [0.5, 0.6) is 0 Å². The SMILES string of the molecule is CCN1Cc2c(cnn2C)N(OS(=O)(=O)O)C1=O.CN=CNOC(=O)NC. The van der Waals surface area contributed by atoms with E-state index in [-0.39, 0.29) is 5.69 Å². The van der Waals surface area contributed by atoms with Gasteiger partial charge in [0.25, 0.3) is 0 Å². The molecule has 0 unspecified atom stereocenters. The Balaban J connectivity index is 0.000000345. The van der Waals surface area contributed by atoms with Crippen LogP contribution in [0.25, 0.3) is 0 Å². The molecule has 152 valence electrons. The second kappa shape index (κ2) is 9.70. The first-order valence-corrected chi connectivity index (χ1v) is 8.82. The number of aromatic nitrogens is 2. The lowest BCUT2D eigenvalue weighted by Crippen LogP contribution is -2.47. The van der Waals surface area contributed by atoms with Gasteiger partial charge in [-0.2, -0.15) is 13.5 Å². The number of carbonyl (C=O) groups is 2. The normalized spacial score (nSPS) is 13.7. The average molecular weight is 407 g/mol. The van der Waals surface area contributed by atoms with Crippen LogP contribution >= 0.6 is 0 Å². The monoisotopic (exact) mass is 407 g/mol. The van der Waals surface area contributed by atoms with Crippen molar-refractivity contribution in [3.63, 3.8) is 0 Å². The van der Waals surface area contributed by atoms with E-state index in [1.807, 2.05) is 0 Å². The van der Waals surface area contributed by atoms with E-state index in [2.05, 4.69) is 30.0 Å². The van der Waals surface area contributed by atoms with Gasteiger partial charge in [0.2, 0.25) is 0 Å². The van der Waals surface area contributed by atoms with Crippen molar-refractivity contribution in [2.75, 3.05) is 25.7 Å². The molecule has 1 aromatic rings. The molecule has 0 atom stereocenters. The van der Waals surface area contributed by atoms with Crippen molar-refractivity contribution in [3.8, 4) is 0 Å². The van der Waals surface area contributed by atoms with Gasteiger partial charge in [-0.25, -0.2) is 15.1 Å². The highest BCUT2D eigenvalue weighted by atomic mass is 32.3. The Morgan fingerprint density at radius 3 is 2.70 bits per heavy atom. The van der Waals surface area contributed by atoms with Gasteiger partial charge in [0.15, 0.2) is 0 Å². The number of nitrogens with zero attached hydrogens (tertiary/aromatic N) is 5. The van der Waals surface area contributed by atoms with E-state index in [0.717, 1.165) is 0 Å². The first-order valence-electron chi connectivity index (χ1n) is 7.46. The Bertz CT molecular complexity index is 792. The summed E-state index contributed by atoms with van der Waals surface area (Å²) >= 11 is 0. The fraction of sp³-hybridized carbons (Fsp3) is 0.500. The summed E-state index contributed by atoms with van der Waals surface area (Å²) in [5.41, 5.74) is 2.99. The third-order valence-corrected chi connectivity index (χ3v) is 3.47. The van der Waals surface area contributed by atoms with Crippen molar-refractivity contribution < 1.29 is 31.7 Å². The summed E-state index contributed by atoms with van der Waals surface area (Å²) in [6.45, 7) is 2.41. The zero-order valence-corrected chi connectivity index (χ0v) is 15.9. The minimum absolute atomic E-state index is 0.199. The Kier molecular flexibility index (Phi) is 7.95. The number of carbonyl (C=O) groups excluding carboxylic acids is 2. The highest BCUT2D eigenvalue weighted by Crippen LogP contribution is 2.28. The summed E-state index contributed by atoms with van der Waals surface area (Å²) in [6.07, 6.45) is 2.01. The molecule has 14 nitrogen and oxygen atoms in total. The minimum Gasteiger partial charge on any atom is -0.323 e. The van der Waals surface area contributed by atoms with Gasteiger partial charge in [-0.05, 0) is 6.92 Å². The standard InChI is InChI=1S/C8H12N4O5S.C4H9N3O2/c1-3-11-5-7-6(4-9-10(7)2)12(8(11)13)17-18(14,15)16;1-5-3-7-9-4(8)6-2/h4H,3,5H2,1-2H3,(H,14,15,16);3H,1-2H3,(H,5,7)(H,6,8). The van der Waals surface area contributed by atoms with Crippen LogP contribution in [0.15, 0.2) is 11.2 Å². The number of nitrogens with one attached hydrogen (secondary N) is 2. The van der Waals surface area contributed by atoms with Crippen molar-refractivity contribution in [3.05, 3.63) is 11.9 Å². The molecule has 3 amide bonds. The number of hydrogen-bond acceptors (Lipinski definition) is 8. The van der Waals surface area contributed by atoms with Gasteiger partial charge in [0.05, 0.1) is 18.4 Å². The summed E-state index contributed by atoms with van der Waals surface area (Å²) in [7, 11) is -0.0984. The Labute approximate surface area is 155 Å². The molecule has 0 saturated heterocycles. The predicted octanol–water partition coefficient (Wildman–Crippen LogP) is -0.578. The first kappa shape index (κ1) is 22.1. The number of urea groups is 1. The Morgan fingerprint density at radius 1 is 1.52 bits per heavy atom. The first-order chi connectivity index (χ1) is 12.6. The van der Waals surface area contributed by atoms with Crippen molar-refractivity contribution in [1.82, 2.24) is 25.5 Å². The van der Waals surface area contributed by atoms with E-state index in [0.29, 0.717) is 23.8 Å². The van der Waals surface area contributed by atoms with E-state index in [1.165, 1.54) is 29.2 Å². The minimum atomic E-state index is -4.78. The molecule has 3 N–H and O–H groups in total. The third kappa shape index (κ3) is 6.39. The summed E-state index contributed by atoms with van der Waals surface area (Å²) in [5.74, 6) is 0. The Hall–Kier alpha value is -2.91. The number of hydrogen-bond donors (Lipinski definition) is 3. The summed E-state index contributed by atoms with van der Waals surface area (Å²) < 4.78 is 36.0. The summed E-state index contributed by atoms with van der Waals surface area (Å²) in [6, 6.07) is -0.671. The molecule has 0 aromatic carbocycles. The molecule has 15 heteroatoms. The largest absolute Gasteiger partial charge is 0.431 e. The number of aryl methyl sites for hydroxylation is 1. The van der Waals surface area contributed by atoms with Crippen LogP contribution in [0.4, 0.5) is 15.3 Å². The zero-order valence-electron chi connectivity index (χ0n) is 15.1. The summed E-state index contributed by atoms with van der Waals surface area (Å²) in [5, 5.41) is 6.68. The molecule has 2 heterocycles. The lowest BCUT2D eigenvalue weighted by Gasteiger charge is -2.32. The molecular weight excluding hydrogens is 386 g/mol. The smallest absolute Gasteiger partial charge is 0.323 e. The molecule has 2 rings (SSSR count). The van der Waals surface area contributed by atoms with E-state index >= 15 is 0 Å². The number of anilines is 1. The van der Waals surface area contributed by atoms with Crippen molar-refractivity contribution in [1.29, 1.82) is 0 Å². The van der Waals surface area contributed by atoms with Crippen LogP contribution in [0, 0.1) is 0 Å². The van der Waals surface area contributed by atoms with E-state index < -0.39 is 22.5 Å². The van der Waals surface area contributed by atoms with Crippen LogP contribution in [-0.2, 0) is 33.1 Å². The van der Waals surface area contributed by atoms with Gasteiger partial charge in [-0.15, -0.1) is 9.35 Å². The second-order valence-electron chi connectivity index (χ2n) is 4.84. The fourth-order valence-electron chi connectivity index (χ4n) is 1.88. The number of rotatable bonds is 5. The quantitative estimate of drug-likeness (QED) is 0.250. The van der Waals surface area contributed by atoms with Crippen LogP contribution in [0.3, 0.4) is 0 Å². The molecule has 1 aliphatic rings. The second-order valence-corrected chi connectivity index (χ2v) is 5.84. The molecule has 0 radical (unpaired) electrons. The molecule has 1 aromatic heterocycles. The maximum atomic E-state index is 11.9. The molecule has 27 heavy (non-hydrogen) atoms. The third-order valence-electron chi connectivity index (χ3n) is 3.13. The summed E-state index contributed by atoms with van der Waals surface area (Å²) in [4.78, 5) is 31.3. The molecule has 0 spiro atoms. The number of amides is 3. The van der Waals surface area contributed by atoms with Gasteiger partial charge >= 0.3 is 22.5 Å². The molecule has 1 aliphatic heterocycles. The van der Waals surface area contributed by atoms with Gasteiger partial charge < -0.3 is 15.1 Å². The molecule has 0 aliphatic carbocycles. The zero-order chi connectivity index (χ0) is 20.6. The van der Waals surface area contributed by atoms with Crippen LogP contribution < -0.4 is 15.9 Å². The van der Waals surface area contributed by atoms with E-state index in [1.54, 1.807) is 21.0 Å². The average Bonchev–Trinajstić information content (AvgIpc) is 2.97. The highest BCUT2D eigenvalue weighted by molar-refractivity contribution is 7.81. The molecular formula is C12H21N7O7S. The number of hydroxylamine groups is 2. The number of fused-ring (bicyclic) bond motifs is 1. The Morgan fingerprint density at radius 2 is 2.19 bits per heavy atom. The predicted molar refractivity (Wildman–Crippen MR) is 92.9 cm³/mol. The maximum Gasteiger partial charge on any atom is 0.431 e. The molecule has 0 fully saturated rings. The maximum absolute atomic E-state index is 11.9. The molecule has 0 bridgehead atoms. The number of aliphatic imine (C=N–C) groups is 1. The topological polar surface area (TPSA) is 168 Å². The van der Waals surface area contributed by atoms with Crippen LogP contribution in [0.1, 0.15) is 12.6 Å². The van der Waals surface area contributed by atoms with Crippen LogP contribution in [0.2, 0.25) is 0 Å². The van der Waals surface area contributed by atoms with Gasteiger partial charge in [0.1, 0.15) is 12.0 Å².